The minimum atomic E-state index is -0.673. The number of nitrogens with zero attached hydrogens (tertiary/aromatic N) is 3. The molecule has 134 valence electrons. The number of nitriles is 1. The van der Waals surface area contributed by atoms with E-state index in [2.05, 4.69) is 11.0 Å². The molecule has 0 N–H and O–H groups in total. The van der Waals surface area contributed by atoms with Crippen LogP contribution in [0.15, 0.2) is 12.1 Å². The number of hydrogen-bond donors (Lipinski definition) is 0. The zero-order valence-electron chi connectivity index (χ0n) is 15.6. The van der Waals surface area contributed by atoms with E-state index in [1.165, 1.54) is 6.07 Å². The normalized spacial score (nSPS) is 22.9. The maximum Gasteiger partial charge on any atom is 0.494 e. The van der Waals surface area contributed by atoms with Gasteiger partial charge >= 0.3 is 7.12 Å². The second kappa shape index (κ2) is 6.28. The van der Waals surface area contributed by atoms with Gasteiger partial charge in [-0.25, -0.2) is 4.39 Å². The third-order valence-corrected chi connectivity index (χ3v) is 5.55. The van der Waals surface area contributed by atoms with Crippen molar-refractivity contribution in [1.29, 1.82) is 5.26 Å². The molecule has 0 amide bonds. The monoisotopic (exact) mass is 345 g/mol. The van der Waals surface area contributed by atoms with E-state index in [-0.39, 0.29) is 0 Å². The van der Waals surface area contributed by atoms with Gasteiger partial charge in [0.2, 0.25) is 0 Å². The molecule has 3 rings (SSSR count). The highest BCUT2D eigenvalue weighted by Crippen LogP contribution is 2.37. The number of hydrogen-bond acceptors (Lipinski definition) is 5. The fourth-order valence-corrected chi connectivity index (χ4v) is 3.17. The van der Waals surface area contributed by atoms with Crippen LogP contribution in [0.2, 0.25) is 0 Å². The van der Waals surface area contributed by atoms with Gasteiger partial charge in [-0.3, -0.25) is 0 Å². The Kier molecular flexibility index (Phi) is 4.57. The summed E-state index contributed by atoms with van der Waals surface area (Å²) in [5.41, 5.74) is 0.254. The Labute approximate surface area is 149 Å². The molecule has 2 saturated heterocycles. The third-order valence-electron chi connectivity index (χ3n) is 5.55. The van der Waals surface area contributed by atoms with Gasteiger partial charge in [-0.05, 0) is 52.3 Å². The Hall–Kier alpha value is -1.62. The maximum atomic E-state index is 14.9. The maximum absolute atomic E-state index is 14.9. The van der Waals surface area contributed by atoms with Crippen molar-refractivity contribution in [2.24, 2.45) is 0 Å². The summed E-state index contributed by atoms with van der Waals surface area (Å²) in [4.78, 5) is 4.14. The van der Waals surface area contributed by atoms with Gasteiger partial charge in [-0.1, -0.05) is 0 Å². The summed E-state index contributed by atoms with van der Waals surface area (Å²) in [6.07, 6.45) is 0. The van der Waals surface area contributed by atoms with Gasteiger partial charge in [0.1, 0.15) is 11.9 Å². The molecule has 5 nitrogen and oxygen atoms in total. The molecular weight excluding hydrogens is 320 g/mol. The lowest BCUT2D eigenvalue weighted by atomic mass is 9.78. The predicted molar refractivity (Wildman–Crippen MR) is 96.5 cm³/mol. The van der Waals surface area contributed by atoms with Crippen molar-refractivity contribution in [3.63, 3.8) is 0 Å². The lowest BCUT2D eigenvalue weighted by molar-refractivity contribution is 0.00578. The van der Waals surface area contributed by atoms with Crippen molar-refractivity contribution >= 4 is 18.3 Å². The van der Waals surface area contributed by atoms with Crippen LogP contribution in [-0.4, -0.2) is 56.4 Å². The lowest BCUT2D eigenvalue weighted by Crippen LogP contribution is -2.45. The summed E-state index contributed by atoms with van der Waals surface area (Å²) >= 11 is 0. The number of rotatable bonds is 2. The van der Waals surface area contributed by atoms with Crippen molar-refractivity contribution < 1.29 is 13.7 Å². The average molecular weight is 345 g/mol. The summed E-state index contributed by atoms with van der Waals surface area (Å²) in [6.45, 7) is 10.9. The Morgan fingerprint density at radius 1 is 1.08 bits per heavy atom. The van der Waals surface area contributed by atoms with Crippen LogP contribution in [-0.2, 0) is 9.31 Å². The van der Waals surface area contributed by atoms with Gasteiger partial charge in [0.25, 0.3) is 0 Å². The predicted octanol–water partition coefficient (Wildman–Crippen LogP) is 1.75. The summed E-state index contributed by atoms with van der Waals surface area (Å²) in [5.74, 6) is -0.395. The van der Waals surface area contributed by atoms with Gasteiger partial charge < -0.3 is 19.1 Å². The second-order valence-electron chi connectivity index (χ2n) is 7.89. The topological polar surface area (TPSA) is 48.7 Å². The molecule has 2 heterocycles. The number of halogens is 1. The number of benzene rings is 1. The van der Waals surface area contributed by atoms with E-state index >= 15 is 0 Å². The van der Waals surface area contributed by atoms with Gasteiger partial charge in [0.05, 0.1) is 22.5 Å². The van der Waals surface area contributed by atoms with E-state index in [4.69, 9.17) is 9.31 Å². The smallest absolute Gasteiger partial charge is 0.399 e. The molecule has 0 aliphatic carbocycles. The highest BCUT2D eigenvalue weighted by atomic mass is 19.1. The average Bonchev–Trinajstić information content (AvgIpc) is 2.76. The number of likely N-dealkylation sites (N-methyl/N-ethyl adjacent to an activating group) is 1. The van der Waals surface area contributed by atoms with Gasteiger partial charge in [0, 0.05) is 26.2 Å². The largest absolute Gasteiger partial charge is 0.494 e. The third kappa shape index (κ3) is 3.26. The zero-order valence-corrected chi connectivity index (χ0v) is 15.6. The highest BCUT2D eigenvalue weighted by Gasteiger charge is 2.52. The second-order valence-corrected chi connectivity index (χ2v) is 7.89. The summed E-state index contributed by atoms with van der Waals surface area (Å²) < 4.78 is 26.9. The quantitative estimate of drug-likeness (QED) is 0.765. The van der Waals surface area contributed by atoms with E-state index in [0.717, 1.165) is 13.1 Å². The highest BCUT2D eigenvalue weighted by molar-refractivity contribution is 6.62. The Morgan fingerprint density at radius 2 is 1.64 bits per heavy atom. The first kappa shape index (κ1) is 18.2. The van der Waals surface area contributed by atoms with Crippen molar-refractivity contribution in [3.8, 4) is 6.07 Å². The fourth-order valence-electron chi connectivity index (χ4n) is 3.17. The molecule has 25 heavy (non-hydrogen) atoms. The molecule has 2 aliphatic heterocycles. The molecule has 1 aromatic rings. The standard InChI is InChI=1S/C18H25BFN3O2/c1-17(2)18(3,4)25-19(24-17)14-10-13(12-21)16(15(20)11-14)23-8-6-22(5)7-9-23/h10-11H,6-9H2,1-5H3. The van der Waals surface area contributed by atoms with Crippen LogP contribution in [0, 0.1) is 17.1 Å². The van der Waals surface area contributed by atoms with Crippen LogP contribution < -0.4 is 10.4 Å². The first-order chi connectivity index (χ1) is 11.6. The van der Waals surface area contributed by atoms with Crippen molar-refractivity contribution in [3.05, 3.63) is 23.5 Å². The summed E-state index contributed by atoms with van der Waals surface area (Å²) in [6, 6.07) is 5.28. The Balaban J connectivity index is 1.92. The molecule has 0 saturated carbocycles. The van der Waals surface area contributed by atoms with Gasteiger partial charge in [0.15, 0.2) is 0 Å². The van der Waals surface area contributed by atoms with Crippen LogP contribution in [0.25, 0.3) is 0 Å². The van der Waals surface area contributed by atoms with E-state index in [0.29, 0.717) is 29.8 Å². The molecule has 0 radical (unpaired) electrons. The van der Waals surface area contributed by atoms with E-state index in [1.807, 2.05) is 39.6 Å². The van der Waals surface area contributed by atoms with Crippen LogP contribution in [0.3, 0.4) is 0 Å². The fraction of sp³-hybridized carbons (Fsp3) is 0.611. The number of anilines is 1. The molecule has 0 bridgehead atoms. The molecule has 2 aliphatic rings. The zero-order chi connectivity index (χ0) is 18.4. The van der Waals surface area contributed by atoms with Crippen molar-refractivity contribution in [2.75, 3.05) is 38.1 Å². The Morgan fingerprint density at radius 3 is 2.16 bits per heavy atom. The molecule has 2 fully saturated rings. The minimum Gasteiger partial charge on any atom is -0.399 e. The Bertz CT molecular complexity index is 693. The van der Waals surface area contributed by atoms with Crippen LogP contribution >= 0.6 is 0 Å². The molecule has 0 spiro atoms. The molecule has 7 heteroatoms. The van der Waals surface area contributed by atoms with Gasteiger partial charge in [-0.15, -0.1) is 0 Å². The van der Waals surface area contributed by atoms with Crippen molar-refractivity contribution in [1.82, 2.24) is 4.90 Å². The molecule has 0 aromatic heterocycles. The summed E-state index contributed by atoms with van der Waals surface area (Å²) in [7, 11) is 1.37. The SMILES string of the molecule is CN1CCN(c2c(F)cc(B3OC(C)(C)C(C)(C)O3)cc2C#N)CC1. The van der Waals surface area contributed by atoms with E-state index in [9.17, 15) is 9.65 Å². The van der Waals surface area contributed by atoms with Crippen molar-refractivity contribution in [2.45, 2.75) is 38.9 Å². The van der Waals surface area contributed by atoms with E-state index < -0.39 is 24.1 Å². The summed E-state index contributed by atoms with van der Waals surface area (Å²) in [5, 5.41) is 9.56. The molecule has 0 unspecified atom stereocenters. The first-order valence-electron chi connectivity index (χ1n) is 8.67. The van der Waals surface area contributed by atoms with E-state index in [1.54, 1.807) is 6.07 Å². The first-order valence-corrected chi connectivity index (χ1v) is 8.67. The van der Waals surface area contributed by atoms with Crippen LogP contribution in [0.1, 0.15) is 33.3 Å². The van der Waals surface area contributed by atoms with Crippen LogP contribution in [0.5, 0.6) is 0 Å². The molecular formula is C18H25BFN3O2. The minimum absolute atomic E-state index is 0.328. The molecule has 0 atom stereocenters. The number of piperazine rings is 1. The van der Waals surface area contributed by atoms with Crippen LogP contribution in [0.4, 0.5) is 10.1 Å². The van der Waals surface area contributed by atoms with Gasteiger partial charge in [-0.2, -0.15) is 5.26 Å². The molecule has 1 aromatic carbocycles. The lowest BCUT2D eigenvalue weighted by Gasteiger charge is -2.34.